The Kier molecular flexibility index (Phi) is 6.16. The van der Waals surface area contributed by atoms with Crippen LogP contribution in [0.25, 0.3) is 0 Å². The number of hydrogen-bond acceptors (Lipinski definition) is 4. The summed E-state index contributed by atoms with van der Waals surface area (Å²) in [5, 5.41) is 24.1. The molecule has 1 unspecified atom stereocenters. The van der Waals surface area contributed by atoms with Crippen molar-refractivity contribution in [2.45, 2.75) is 51.0 Å². The topological polar surface area (TPSA) is 102 Å². The Bertz CT molecular complexity index is 655. The SMILES string of the molecule is CC(C)(C#N)c1ccc(NC(=O)C(=O)NCC(O)C2CCCC2)cc1. The standard InChI is InChI=1S/C19H25N3O3/c1-19(2,12-20)14-7-9-15(10-8-14)22-18(25)17(24)21-11-16(23)13-5-3-4-6-13/h7-10,13,16,23H,3-6,11H2,1-2H3,(H,21,24)(H,22,25). The highest BCUT2D eigenvalue weighted by Gasteiger charge is 2.24. The number of nitrogens with one attached hydrogen (secondary N) is 2. The van der Waals surface area contributed by atoms with Gasteiger partial charge in [0.15, 0.2) is 0 Å². The van der Waals surface area contributed by atoms with Crippen LogP contribution in [0.2, 0.25) is 0 Å². The summed E-state index contributed by atoms with van der Waals surface area (Å²) >= 11 is 0. The number of anilines is 1. The third-order valence-electron chi connectivity index (χ3n) is 4.77. The zero-order valence-corrected chi connectivity index (χ0v) is 14.7. The van der Waals surface area contributed by atoms with Gasteiger partial charge in [-0.05, 0) is 50.3 Å². The number of nitrogens with zero attached hydrogens (tertiary/aromatic N) is 1. The Labute approximate surface area is 148 Å². The van der Waals surface area contributed by atoms with Crippen LogP contribution >= 0.6 is 0 Å². The Balaban J connectivity index is 1.84. The van der Waals surface area contributed by atoms with Crippen LogP contribution in [0.1, 0.15) is 45.1 Å². The number of hydrogen-bond donors (Lipinski definition) is 3. The maximum absolute atomic E-state index is 11.9. The van der Waals surface area contributed by atoms with Crippen LogP contribution in [0, 0.1) is 17.2 Å². The average molecular weight is 343 g/mol. The molecule has 1 fully saturated rings. The van der Waals surface area contributed by atoms with E-state index < -0.39 is 23.3 Å². The molecule has 0 saturated heterocycles. The first kappa shape index (κ1) is 18.9. The number of carbonyl (C=O) groups excluding carboxylic acids is 2. The Morgan fingerprint density at radius 3 is 2.40 bits per heavy atom. The van der Waals surface area contributed by atoms with Crippen LogP contribution in [0.3, 0.4) is 0 Å². The molecular weight excluding hydrogens is 318 g/mol. The Morgan fingerprint density at radius 2 is 1.84 bits per heavy atom. The molecule has 134 valence electrons. The fourth-order valence-corrected chi connectivity index (χ4v) is 3.01. The van der Waals surface area contributed by atoms with Crippen LogP contribution in [0.4, 0.5) is 5.69 Å². The summed E-state index contributed by atoms with van der Waals surface area (Å²) in [7, 11) is 0. The van der Waals surface area contributed by atoms with Gasteiger partial charge in [-0.25, -0.2) is 0 Å². The predicted molar refractivity (Wildman–Crippen MR) is 94.7 cm³/mol. The lowest BCUT2D eigenvalue weighted by atomic mass is 9.86. The van der Waals surface area contributed by atoms with Gasteiger partial charge >= 0.3 is 11.8 Å². The fourth-order valence-electron chi connectivity index (χ4n) is 3.01. The molecule has 0 spiro atoms. The highest BCUT2D eigenvalue weighted by Crippen LogP contribution is 2.27. The molecule has 0 aliphatic heterocycles. The fraction of sp³-hybridized carbons (Fsp3) is 0.526. The van der Waals surface area contributed by atoms with Gasteiger partial charge < -0.3 is 15.7 Å². The molecule has 1 aromatic rings. The van der Waals surface area contributed by atoms with Crippen molar-refractivity contribution in [1.82, 2.24) is 5.32 Å². The summed E-state index contributed by atoms with van der Waals surface area (Å²) in [5.41, 5.74) is 0.696. The van der Waals surface area contributed by atoms with Crippen LogP contribution in [-0.4, -0.2) is 29.6 Å². The second kappa shape index (κ2) is 8.13. The lowest BCUT2D eigenvalue weighted by molar-refractivity contribution is -0.136. The van der Waals surface area contributed by atoms with E-state index in [9.17, 15) is 14.7 Å². The molecule has 0 bridgehead atoms. The van der Waals surface area contributed by atoms with Gasteiger partial charge in [0.25, 0.3) is 0 Å². The highest BCUT2D eigenvalue weighted by atomic mass is 16.3. The minimum absolute atomic E-state index is 0.0895. The van der Waals surface area contributed by atoms with Gasteiger partial charge in [0.1, 0.15) is 0 Å². The highest BCUT2D eigenvalue weighted by molar-refractivity contribution is 6.39. The number of nitriles is 1. The molecular formula is C19H25N3O3. The summed E-state index contributed by atoms with van der Waals surface area (Å²) in [5.74, 6) is -1.33. The third-order valence-corrected chi connectivity index (χ3v) is 4.77. The van der Waals surface area contributed by atoms with Crippen molar-refractivity contribution < 1.29 is 14.7 Å². The van der Waals surface area contributed by atoms with Gasteiger partial charge in [-0.15, -0.1) is 0 Å². The van der Waals surface area contributed by atoms with E-state index in [4.69, 9.17) is 5.26 Å². The van der Waals surface area contributed by atoms with Crippen molar-refractivity contribution >= 4 is 17.5 Å². The molecule has 25 heavy (non-hydrogen) atoms. The van der Waals surface area contributed by atoms with Gasteiger partial charge in [-0.1, -0.05) is 25.0 Å². The molecule has 0 radical (unpaired) electrons. The molecule has 6 heteroatoms. The van der Waals surface area contributed by atoms with Gasteiger partial charge in [0.2, 0.25) is 0 Å². The molecule has 1 aromatic carbocycles. The normalized spacial score (nSPS) is 16.1. The number of carbonyl (C=O) groups is 2. The molecule has 1 atom stereocenters. The van der Waals surface area contributed by atoms with E-state index in [1.165, 1.54) is 0 Å². The van der Waals surface area contributed by atoms with Gasteiger partial charge in [0.05, 0.1) is 17.6 Å². The number of aliphatic hydroxyl groups is 1. The van der Waals surface area contributed by atoms with E-state index in [1.807, 2.05) is 13.8 Å². The van der Waals surface area contributed by atoms with Crippen molar-refractivity contribution in [2.24, 2.45) is 5.92 Å². The summed E-state index contributed by atoms with van der Waals surface area (Å²) in [6.07, 6.45) is 3.54. The third kappa shape index (κ3) is 5.04. The summed E-state index contributed by atoms with van der Waals surface area (Å²) in [6.45, 7) is 3.71. The van der Waals surface area contributed by atoms with E-state index in [1.54, 1.807) is 24.3 Å². The zero-order valence-electron chi connectivity index (χ0n) is 14.7. The van der Waals surface area contributed by atoms with Crippen molar-refractivity contribution in [3.8, 4) is 6.07 Å². The van der Waals surface area contributed by atoms with Crippen LogP contribution in [-0.2, 0) is 15.0 Å². The minimum atomic E-state index is -0.772. The van der Waals surface area contributed by atoms with Crippen molar-refractivity contribution in [3.05, 3.63) is 29.8 Å². The Morgan fingerprint density at radius 1 is 1.24 bits per heavy atom. The molecule has 0 aromatic heterocycles. The number of aliphatic hydroxyl groups excluding tert-OH is 1. The molecule has 1 saturated carbocycles. The Hall–Kier alpha value is -2.39. The van der Waals surface area contributed by atoms with E-state index in [0.29, 0.717) is 5.69 Å². The maximum atomic E-state index is 11.9. The van der Waals surface area contributed by atoms with E-state index >= 15 is 0 Å². The van der Waals surface area contributed by atoms with E-state index in [-0.39, 0.29) is 12.5 Å². The maximum Gasteiger partial charge on any atom is 0.313 e. The van der Waals surface area contributed by atoms with Gasteiger partial charge in [-0.2, -0.15) is 5.26 Å². The first-order valence-corrected chi connectivity index (χ1v) is 8.62. The van der Waals surface area contributed by atoms with Crippen molar-refractivity contribution in [3.63, 3.8) is 0 Å². The molecule has 1 aliphatic carbocycles. The molecule has 1 aliphatic rings. The van der Waals surface area contributed by atoms with Gasteiger partial charge in [-0.3, -0.25) is 9.59 Å². The molecule has 2 amide bonds. The summed E-state index contributed by atoms with van der Waals surface area (Å²) < 4.78 is 0. The largest absolute Gasteiger partial charge is 0.391 e. The molecule has 3 N–H and O–H groups in total. The van der Waals surface area contributed by atoms with E-state index in [0.717, 1.165) is 31.2 Å². The smallest absolute Gasteiger partial charge is 0.313 e. The summed E-state index contributed by atoms with van der Waals surface area (Å²) in [6, 6.07) is 9.03. The van der Waals surface area contributed by atoms with E-state index in [2.05, 4.69) is 16.7 Å². The molecule has 0 heterocycles. The number of rotatable bonds is 5. The predicted octanol–water partition coefficient (Wildman–Crippen LogP) is 2.09. The first-order chi connectivity index (χ1) is 11.8. The summed E-state index contributed by atoms with van der Waals surface area (Å²) in [4.78, 5) is 23.8. The molecule has 2 rings (SSSR count). The second-order valence-corrected chi connectivity index (χ2v) is 7.09. The molecule has 6 nitrogen and oxygen atoms in total. The minimum Gasteiger partial charge on any atom is -0.391 e. The second-order valence-electron chi connectivity index (χ2n) is 7.09. The first-order valence-electron chi connectivity index (χ1n) is 8.62. The van der Waals surface area contributed by atoms with Crippen LogP contribution < -0.4 is 10.6 Å². The number of benzene rings is 1. The lowest BCUT2D eigenvalue weighted by Gasteiger charge is -2.18. The van der Waals surface area contributed by atoms with Crippen LogP contribution in [0.15, 0.2) is 24.3 Å². The van der Waals surface area contributed by atoms with Crippen molar-refractivity contribution in [2.75, 3.05) is 11.9 Å². The number of amides is 2. The quantitative estimate of drug-likeness (QED) is 0.712. The monoisotopic (exact) mass is 343 g/mol. The van der Waals surface area contributed by atoms with Crippen molar-refractivity contribution in [1.29, 1.82) is 5.26 Å². The zero-order chi connectivity index (χ0) is 18.4. The van der Waals surface area contributed by atoms with Gasteiger partial charge in [0, 0.05) is 12.2 Å². The average Bonchev–Trinajstić information content (AvgIpc) is 3.14. The van der Waals surface area contributed by atoms with Crippen LogP contribution in [0.5, 0.6) is 0 Å². The lowest BCUT2D eigenvalue weighted by Crippen LogP contribution is -2.41.